The van der Waals surface area contributed by atoms with Crippen molar-refractivity contribution in [2.45, 2.75) is 12.8 Å². The summed E-state index contributed by atoms with van der Waals surface area (Å²) in [6.45, 7) is 0. The fourth-order valence-corrected chi connectivity index (χ4v) is 2.60. The van der Waals surface area contributed by atoms with E-state index in [0.29, 0.717) is 5.69 Å². The van der Waals surface area contributed by atoms with Crippen LogP contribution < -0.4 is 10.5 Å². The maximum atomic E-state index is 5.88. The van der Waals surface area contributed by atoms with Crippen LogP contribution in [0.5, 0.6) is 5.75 Å². The molecule has 0 atom stereocenters. The number of nitrogen functional groups attached to an aromatic ring is 1. The number of benzene rings is 2. The Morgan fingerprint density at radius 2 is 2.05 bits per heavy atom. The van der Waals surface area contributed by atoms with Gasteiger partial charge < -0.3 is 10.5 Å². The predicted molar refractivity (Wildman–Crippen MR) is 80.2 cm³/mol. The van der Waals surface area contributed by atoms with E-state index in [2.05, 4.69) is 36.4 Å². The fraction of sp³-hybridized carbons (Fsp3) is 0.176. The van der Waals surface area contributed by atoms with Crippen LogP contribution in [-0.2, 0) is 6.42 Å². The number of hydrogen-bond donors (Lipinski definition) is 1. The van der Waals surface area contributed by atoms with Crippen molar-refractivity contribution in [2.75, 3.05) is 12.8 Å². The highest BCUT2D eigenvalue weighted by molar-refractivity contribution is 5.80. The Kier molecular flexibility index (Phi) is 3.00. The van der Waals surface area contributed by atoms with E-state index in [1.807, 2.05) is 12.1 Å². The van der Waals surface area contributed by atoms with Crippen molar-refractivity contribution in [3.63, 3.8) is 0 Å². The van der Waals surface area contributed by atoms with Gasteiger partial charge in [-0.15, -0.1) is 0 Å². The van der Waals surface area contributed by atoms with Crippen LogP contribution in [0.25, 0.3) is 17.2 Å². The number of hydrogen-bond acceptors (Lipinski definition) is 2. The highest BCUT2D eigenvalue weighted by Gasteiger charge is 2.11. The minimum absolute atomic E-state index is 0.673. The molecule has 0 heterocycles. The molecule has 96 valence electrons. The van der Waals surface area contributed by atoms with E-state index in [4.69, 9.17) is 10.5 Å². The number of methoxy groups -OCH3 is 1. The Bertz CT molecular complexity index is 644. The average Bonchev–Trinajstić information content (AvgIpc) is 2.47. The van der Waals surface area contributed by atoms with Gasteiger partial charge in [-0.3, -0.25) is 0 Å². The summed E-state index contributed by atoms with van der Waals surface area (Å²) in [7, 11) is 1.65. The van der Waals surface area contributed by atoms with E-state index in [0.717, 1.165) is 24.2 Å². The minimum atomic E-state index is 0.673. The lowest BCUT2D eigenvalue weighted by molar-refractivity contribution is 0.417. The summed E-state index contributed by atoms with van der Waals surface area (Å²) in [6, 6.07) is 12.4. The van der Waals surface area contributed by atoms with E-state index in [-0.39, 0.29) is 0 Å². The molecule has 0 saturated heterocycles. The first-order chi connectivity index (χ1) is 9.29. The molecule has 1 aliphatic rings. The molecule has 0 unspecified atom stereocenters. The van der Waals surface area contributed by atoms with E-state index < -0.39 is 0 Å². The van der Waals surface area contributed by atoms with Crippen LogP contribution in [0.2, 0.25) is 0 Å². The monoisotopic (exact) mass is 251 g/mol. The lowest BCUT2D eigenvalue weighted by atomic mass is 9.90. The van der Waals surface area contributed by atoms with Gasteiger partial charge in [-0.05, 0) is 47.2 Å². The summed E-state index contributed by atoms with van der Waals surface area (Å²) in [5.41, 5.74) is 11.7. The van der Waals surface area contributed by atoms with Crippen LogP contribution in [0.1, 0.15) is 17.5 Å². The lowest BCUT2D eigenvalue weighted by Crippen LogP contribution is -1.97. The number of allylic oxidation sites excluding steroid dienone is 1. The van der Waals surface area contributed by atoms with Gasteiger partial charge >= 0.3 is 0 Å². The molecule has 0 radical (unpaired) electrons. The van der Waals surface area contributed by atoms with Crippen molar-refractivity contribution in [1.29, 1.82) is 0 Å². The van der Waals surface area contributed by atoms with Crippen molar-refractivity contribution in [3.05, 3.63) is 53.6 Å². The topological polar surface area (TPSA) is 35.2 Å². The first-order valence-corrected chi connectivity index (χ1v) is 6.52. The van der Waals surface area contributed by atoms with Gasteiger partial charge in [0.15, 0.2) is 0 Å². The van der Waals surface area contributed by atoms with Crippen LogP contribution in [0.3, 0.4) is 0 Å². The van der Waals surface area contributed by atoms with Crippen molar-refractivity contribution < 1.29 is 4.74 Å². The Labute approximate surface area is 113 Å². The van der Waals surface area contributed by atoms with Gasteiger partial charge in [0.2, 0.25) is 0 Å². The van der Waals surface area contributed by atoms with Gasteiger partial charge in [-0.2, -0.15) is 0 Å². The van der Waals surface area contributed by atoms with Crippen LogP contribution in [0.15, 0.2) is 42.5 Å². The Balaban J connectivity index is 2.15. The molecule has 0 fully saturated rings. The maximum absolute atomic E-state index is 5.88. The molecule has 1 aliphatic carbocycles. The molecule has 0 spiro atoms. The van der Waals surface area contributed by atoms with Crippen LogP contribution in [0, 0.1) is 0 Å². The molecule has 2 N–H and O–H groups in total. The SMILES string of the molecule is COc1cc(-c2cccc3c2C=CCC3)ccc1N. The molecular formula is C17H17NO. The summed E-state index contributed by atoms with van der Waals surface area (Å²) < 4.78 is 5.31. The van der Waals surface area contributed by atoms with Crippen LogP contribution in [0.4, 0.5) is 5.69 Å². The van der Waals surface area contributed by atoms with Crippen molar-refractivity contribution in [2.24, 2.45) is 0 Å². The summed E-state index contributed by atoms with van der Waals surface area (Å²) in [5, 5.41) is 0. The zero-order chi connectivity index (χ0) is 13.2. The van der Waals surface area contributed by atoms with Crippen molar-refractivity contribution >= 4 is 11.8 Å². The third kappa shape index (κ3) is 2.10. The van der Waals surface area contributed by atoms with E-state index >= 15 is 0 Å². The Morgan fingerprint density at radius 3 is 2.89 bits per heavy atom. The second kappa shape index (κ2) is 4.81. The average molecular weight is 251 g/mol. The molecule has 2 nitrogen and oxygen atoms in total. The van der Waals surface area contributed by atoms with Gasteiger partial charge in [0.25, 0.3) is 0 Å². The van der Waals surface area contributed by atoms with Crippen molar-refractivity contribution in [3.8, 4) is 16.9 Å². The predicted octanol–water partition coefficient (Wildman–Crippen LogP) is 3.90. The molecule has 0 saturated carbocycles. The van der Waals surface area contributed by atoms with E-state index in [9.17, 15) is 0 Å². The van der Waals surface area contributed by atoms with Crippen LogP contribution in [-0.4, -0.2) is 7.11 Å². The smallest absolute Gasteiger partial charge is 0.142 e. The fourth-order valence-electron chi connectivity index (χ4n) is 2.60. The molecule has 0 bridgehead atoms. The maximum Gasteiger partial charge on any atom is 0.142 e. The number of aryl methyl sites for hydroxylation is 1. The van der Waals surface area contributed by atoms with Gasteiger partial charge in [-0.25, -0.2) is 0 Å². The molecule has 2 aromatic carbocycles. The van der Waals surface area contributed by atoms with Gasteiger partial charge in [0.1, 0.15) is 5.75 Å². The summed E-state index contributed by atoms with van der Waals surface area (Å²) in [4.78, 5) is 0. The normalized spacial score (nSPS) is 13.1. The lowest BCUT2D eigenvalue weighted by Gasteiger charge is -2.16. The Morgan fingerprint density at radius 1 is 1.16 bits per heavy atom. The van der Waals surface area contributed by atoms with Crippen LogP contribution >= 0.6 is 0 Å². The standard InChI is InChI=1S/C17H17NO/c1-19-17-11-13(9-10-16(17)18)15-8-4-6-12-5-2-3-7-14(12)15/h3-4,6-11H,2,5,18H2,1H3. The molecule has 0 aromatic heterocycles. The highest BCUT2D eigenvalue weighted by Crippen LogP contribution is 2.34. The highest BCUT2D eigenvalue weighted by atomic mass is 16.5. The number of anilines is 1. The summed E-state index contributed by atoms with van der Waals surface area (Å²) in [6.07, 6.45) is 6.70. The van der Waals surface area contributed by atoms with Gasteiger partial charge in [0.05, 0.1) is 12.8 Å². The molecule has 0 amide bonds. The number of ether oxygens (including phenoxy) is 1. The number of fused-ring (bicyclic) bond motifs is 1. The zero-order valence-corrected chi connectivity index (χ0v) is 11.0. The first-order valence-electron chi connectivity index (χ1n) is 6.52. The largest absolute Gasteiger partial charge is 0.495 e. The third-order valence-electron chi connectivity index (χ3n) is 3.61. The number of rotatable bonds is 2. The molecule has 19 heavy (non-hydrogen) atoms. The Hall–Kier alpha value is -2.22. The van der Waals surface area contributed by atoms with E-state index in [1.165, 1.54) is 16.7 Å². The summed E-state index contributed by atoms with van der Waals surface area (Å²) >= 11 is 0. The minimum Gasteiger partial charge on any atom is -0.495 e. The van der Waals surface area contributed by atoms with Gasteiger partial charge in [0, 0.05) is 0 Å². The molecular weight excluding hydrogens is 234 g/mol. The molecule has 3 rings (SSSR count). The number of nitrogens with two attached hydrogens (primary N) is 1. The molecule has 2 aromatic rings. The molecule has 2 heteroatoms. The zero-order valence-electron chi connectivity index (χ0n) is 11.0. The third-order valence-corrected chi connectivity index (χ3v) is 3.61. The van der Waals surface area contributed by atoms with E-state index in [1.54, 1.807) is 7.11 Å². The second-order valence-electron chi connectivity index (χ2n) is 4.78. The second-order valence-corrected chi connectivity index (χ2v) is 4.78. The summed E-state index contributed by atoms with van der Waals surface area (Å²) in [5.74, 6) is 0.731. The van der Waals surface area contributed by atoms with Crippen molar-refractivity contribution in [1.82, 2.24) is 0 Å². The molecule has 0 aliphatic heterocycles. The van der Waals surface area contributed by atoms with Gasteiger partial charge in [-0.1, -0.05) is 36.4 Å². The quantitative estimate of drug-likeness (QED) is 0.821. The first kappa shape index (κ1) is 11.8.